The molecule has 0 spiro atoms. The lowest BCUT2D eigenvalue weighted by Gasteiger charge is -2.36. The molecule has 1 amide bonds. The van der Waals surface area contributed by atoms with E-state index < -0.39 is 17.2 Å². The van der Waals surface area contributed by atoms with Crippen molar-refractivity contribution in [3.05, 3.63) is 101 Å². The summed E-state index contributed by atoms with van der Waals surface area (Å²) in [5.74, 6) is -0.413. The van der Waals surface area contributed by atoms with Gasteiger partial charge in [-0.15, -0.1) is 0 Å². The van der Waals surface area contributed by atoms with Crippen molar-refractivity contribution in [1.29, 1.82) is 5.26 Å². The van der Waals surface area contributed by atoms with Crippen LogP contribution in [-0.2, 0) is 10.3 Å². The smallest absolute Gasteiger partial charge is 0.265 e. The van der Waals surface area contributed by atoms with Gasteiger partial charge in [-0.3, -0.25) is 14.6 Å². The van der Waals surface area contributed by atoms with Crippen LogP contribution in [-0.4, -0.2) is 60.8 Å². The highest BCUT2D eigenvalue weighted by Crippen LogP contribution is 2.40. The third kappa shape index (κ3) is 4.90. The van der Waals surface area contributed by atoms with E-state index in [4.69, 9.17) is 10.3 Å². The number of rotatable bonds is 7. The van der Waals surface area contributed by atoms with Crippen LogP contribution in [0.1, 0.15) is 30.0 Å². The molecule has 0 aliphatic carbocycles. The quantitative estimate of drug-likeness (QED) is 0.465. The first kappa shape index (κ1) is 25.6. The highest BCUT2D eigenvalue weighted by atomic mass is 19.1. The first-order valence-electron chi connectivity index (χ1n) is 12.8. The highest BCUT2D eigenvalue weighted by molar-refractivity contribution is 6.09. The van der Waals surface area contributed by atoms with Gasteiger partial charge in [0.1, 0.15) is 17.5 Å². The molecule has 5 rings (SSSR count). The zero-order valence-electron chi connectivity index (χ0n) is 21.3. The molecule has 2 heterocycles. The van der Waals surface area contributed by atoms with E-state index in [-0.39, 0.29) is 5.91 Å². The fraction of sp³-hybridized carbons (Fsp3) is 0.300. The van der Waals surface area contributed by atoms with Gasteiger partial charge in [0, 0.05) is 38.4 Å². The van der Waals surface area contributed by atoms with Gasteiger partial charge in [-0.2, -0.15) is 5.26 Å². The van der Waals surface area contributed by atoms with Gasteiger partial charge in [0.15, 0.2) is 5.54 Å². The molecule has 0 unspecified atom stereocenters. The van der Waals surface area contributed by atoms with Gasteiger partial charge in [-0.05, 0) is 79.5 Å². The number of amides is 1. The third-order valence-corrected chi connectivity index (χ3v) is 7.39. The molecule has 0 bridgehead atoms. The normalized spacial score (nSPS) is 17.4. The standard InChI is InChI=1S/C30H29F2N5O/c1-22-34-30(24-5-9-26(31)10-6-24,25-7-11-27(32)12-8-25)29(38)37(22)16-2-15-35-17-19-36(20-18-35)28-13-3-23(21-33)4-14-28/h3-14H,2,15-20H2,1H3. The van der Waals surface area contributed by atoms with E-state index in [1.54, 1.807) is 29.2 Å². The van der Waals surface area contributed by atoms with Gasteiger partial charge in [0.2, 0.25) is 0 Å². The van der Waals surface area contributed by atoms with Gasteiger partial charge in [-0.1, -0.05) is 24.3 Å². The largest absolute Gasteiger partial charge is 0.369 e. The molecular formula is C30H29F2N5O. The van der Waals surface area contributed by atoms with E-state index in [0.717, 1.165) is 44.8 Å². The van der Waals surface area contributed by atoms with E-state index in [1.165, 1.54) is 24.3 Å². The Bertz CT molecular complexity index is 1310. The zero-order valence-corrected chi connectivity index (χ0v) is 21.3. The topological polar surface area (TPSA) is 62.9 Å². The molecule has 194 valence electrons. The van der Waals surface area contributed by atoms with Crippen LogP contribution in [0.25, 0.3) is 0 Å². The average molecular weight is 514 g/mol. The predicted octanol–water partition coefficient (Wildman–Crippen LogP) is 4.55. The van der Waals surface area contributed by atoms with Crippen molar-refractivity contribution >= 4 is 17.4 Å². The molecule has 3 aromatic rings. The Labute approximate surface area is 221 Å². The lowest BCUT2D eigenvalue weighted by Crippen LogP contribution is -2.47. The number of hydrogen-bond acceptors (Lipinski definition) is 5. The van der Waals surface area contributed by atoms with Crippen molar-refractivity contribution in [2.45, 2.75) is 18.9 Å². The van der Waals surface area contributed by atoms with Crippen LogP contribution in [0, 0.1) is 23.0 Å². The number of amidine groups is 1. The number of nitrogens with zero attached hydrogens (tertiary/aromatic N) is 5. The molecule has 2 aliphatic rings. The minimum Gasteiger partial charge on any atom is -0.369 e. The van der Waals surface area contributed by atoms with E-state index in [9.17, 15) is 13.6 Å². The summed E-state index contributed by atoms with van der Waals surface area (Å²) in [4.78, 5) is 25.1. The van der Waals surface area contributed by atoms with Crippen LogP contribution in [0.2, 0.25) is 0 Å². The number of piperazine rings is 1. The Morgan fingerprint density at radius 2 is 1.39 bits per heavy atom. The van der Waals surface area contributed by atoms with Gasteiger partial charge < -0.3 is 4.90 Å². The Morgan fingerprint density at radius 1 is 0.842 bits per heavy atom. The van der Waals surface area contributed by atoms with Crippen molar-refractivity contribution in [3.63, 3.8) is 0 Å². The van der Waals surface area contributed by atoms with Crippen molar-refractivity contribution in [3.8, 4) is 6.07 Å². The lowest BCUT2D eigenvalue weighted by atomic mass is 9.82. The predicted molar refractivity (Wildman–Crippen MR) is 143 cm³/mol. The Kier molecular flexibility index (Phi) is 7.21. The molecule has 0 atom stereocenters. The fourth-order valence-corrected chi connectivity index (χ4v) is 5.31. The molecule has 8 heteroatoms. The summed E-state index contributed by atoms with van der Waals surface area (Å²) >= 11 is 0. The number of carbonyl (C=O) groups is 1. The average Bonchev–Trinajstić information content (AvgIpc) is 3.20. The van der Waals surface area contributed by atoms with E-state index >= 15 is 0 Å². The van der Waals surface area contributed by atoms with Crippen LogP contribution in [0.3, 0.4) is 0 Å². The second-order valence-corrected chi connectivity index (χ2v) is 9.68. The Balaban J connectivity index is 1.24. The highest BCUT2D eigenvalue weighted by Gasteiger charge is 2.49. The third-order valence-electron chi connectivity index (χ3n) is 7.39. The summed E-state index contributed by atoms with van der Waals surface area (Å²) in [5, 5.41) is 9.00. The number of benzene rings is 3. The molecule has 0 aromatic heterocycles. The fourth-order valence-electron chi connectivity index (χ4n) is 5.31. The summed E-state index contributed by atoms with van der Waals surface area (Å²) in [6.07, 6.45) is 0.776. The number of carbonyl (C=O) groups excluding carboxylic acids is 1. The molecule has 38 heavy (non-hydrogen) atoms. The molecule has 0 saturated carbocycles. The van der Waals surface area contributed by atoms with Crippen LogP contribution in [0.5, 0.6) is 0 Å². The molecule has 0 N–H and O–H groups in total. The number of aliphatic imine (C=N–C) groups is 1. The van der Waals surface area contributed by atoms with Gasteiger partial charge in [-0.25, -0.2) is 13.8 Å². The maximum atomic E-state index is 13.9. The zero-order chi connectivity index (χ0) is 26.7. The molecule has 2 aliphatic heterocycles. The van der Waals surface area contributed by atoms with Crippen LogP contribution >= 0.6 is 0 Å². The molecular weight excluding hydrogens is 484 g/mol. The minimum absolute atomic E-state index is 0.209. The molecule has 1 fully saturated rings. The molecule has 0 radical (unpaired) electrons. The summed E-state index contributed by atoms with van der Waals surface area (Å²) in [6, 6.07) is 21.4. The van der Waals surface area contributed by atoms with Gasteiger partial charge in [0.05, 0.1) is 11.6 Å². The Morgan fingerprint density at radius 3 is 1.92 bits per heavy atom. The first-order chi connectivity index (χ1) is 18.4. The SMILES string of the molecule is CC1=NC(c2ccc(F)cc2)(c2ccc(F)cc2)C(=O)N1CCCN1CCN(c2ccc(C#N)cc2)CC1. The number of anilines is 1. The van der Waals surface area contributed by atoms with Crippen molar-refractivity contribution in [2.24, 2.45) is 4.99 Å². The number of halogens is 2. The maximum absolute atomic E-state index is 13.9. The second kappa shape index (κ2) is 10.7. The summed E-state index contributed by atoms with van der Waals surface area (Å²) in [7, 11) is 0. The van der Waals surface area contributed by atoms with Crippen LogP contribution in [0.4, 0.5) is 14.5 Å². The number of hydrogen-bond donors (Lipinski definition) is 0. The monoisotopic (exact) mass is 513 g/mol. The summed E-state index contributed by atoms with van der Waals surface area (Å²) in [5.41, 5.74) is 1.52. The Hall–Kier alpha value is -4.09. The van der Waals surface area contributed by atoms with Gasteiger partial charge in [0.25, 0.3) is 5.91 Å². The van der Waals surface area contributed by atoms with Crippen LogP contribution < -0.4 is 4.90 Å². The second-order valence-electron chi connectivity index (χ2n) is 9.68. The number of nitriles is 1. The molecule has 3 aromatic carbocycles. The summed E-state index contributed by atoms with van der Waals surface area (Å²) in [6.45, 7) is 6.78. The van der Waals surface area contributed by atoms with Crippen molar-refractivity contribution < 1.29 is 13.6 Å². The van der Waals surface area contributed by atoms with Crippen molar-refractivity contribution in [2.75, 3.05) is 44.2 Å². The first-order valence-corrected chi connectivity index (χ1v) is 12.8. The lowest BCUT2D eigenvalue weighted by molar-refractivity contribution is -0.130. The van der Waals surface area contributed by atoms with Gasteiger partial charge >= 0.3 is 0 Å². The van der Waals surface area contributed by atoms with E-state index in [2.05, 4.69) is 15.9 Å². The van der Waals surface area contributed by atoms with Crippen molar-refractivity contribution in [1.82, 2.24) is 9.80 Å². The maximum Gasteiger partial charge on any atom is 0.265 e. The molecule has 1 saturated heterocycles. The summed E-state index contributed by atoms with van der Waals surface area (Å²) < 4.78 is 27.4. The minimum atomic E-state index is -1.36. The van der Waals surface area contributed by atoms with Crippen LogP contribution in [0.15, 0.2) is 77.8 Å². The van der Waals surface area contributed by atoms with E-state index in [0.29, 0.717) is 29.1 Å². The van der Waals surface area contributed by atoms with E-state index in [1.807, 2.05) is 31.2 Å². The molecule has 6 nitrogen and oxygen atoms in total.